The first-order valence-electron chi connectivity index (χ1n) is 43.4. The smallest absolute Gasteiger partial charge is 0.335 e. The zero-order valence-corrected chi connectivity index (χ0v) is 70.2. The molecule has 11 aromatic rings. The number of aromatic nitrogens is 10. The van der Waals surface area contributed by atoms with E-state index in [2.05, 4.69) is 244 Å². The molecule has 14 heteroatoms. The van der Waals surface area contributed by atoms with E-state index in [0.717, 1.165) is 296 Å². The minimum atomic E-state index is -0.980. The number of carboxylic acids is 2. The highest BCUT2D eigenvalue weighted by Gasteiger charge is 2.24. The Hall–Kier alpha value is -13.1. The van der Waals surface area contributed by atoms with E-state index in [1.54, 1.807) is 48.5 Å². The number of pyridine rings is 2. The third kappa shape index (κ3) is 18.7. The van der Waals surface area contributed by atoms with Gasteiger partial charge in [-0.1, -0.05) is 218 Å². The molecule has 4 unspecified atom stereocenters. The van der Waals surface area contributed by atoms with Gasteiger partial charge in [0.1, 0.15) is 0 Å². The minimum absolute atomic E-state index is 0.209. The Labute approximate surface area is 703 Å². The molecule has 0 saturated heterocycles. The third-order valence-corrected chi connectivity index (χ3v) is 24.2. The van der Waals surface area contributed by atoms with Crippen molar-refractivity contribution in [1.29, 1.82) is 0 Å². The molecule has 14 nitrogen and oxygen atoms in total. The van der Waals surface area contributed by atoms with E-state index in [-0.39, 0.29) is 11.1 Å². The summed E-state index contributed by atoms with van der Waals surface area (Å²) in [7, 11) is 0. The fourth-order valence-corrected chi connectivity index (χ4v) is 16.8. The summed E-state index contributed by atoms with van der Waals surface area (Å²) in [5.41, 5.74) is 26.1. The third-order valence-electron chi connectivity index (χ3n) is 24.2. The summed E-state index contributed by atoms with van der Waals surface area (Å²) in [5.74, 6) is 28.0. The van der Waals surface area contributed by atoms with Crippen LogP contribution in [0.2, 0.25) is 0 Å². The van der Waals surface area contributed by atoms with Crippen LogP contribution in [0, 0.1) is 71.0 Å². The second-order valence-electron chi connectivity index (χ2n) is 32.3. The van der Waals surface area contributed by atoms with Crippen molar-refractivity contribution in [2.45, 2.75) is 184 Å². The lowest BCUT2D eigenvalue weighted by Crippen LogP contribution is -2.05. The van der Waals surface area contributed by atoms with Crippen molar-refractivity contribution >= 4 is 126 Å². The highest BCUT2D eigenvalue weighted by Crippen LogP contribution is 2.36. The first-order chi connectivity index (χ1) is 58.7. The summed E-state index contributed by atoms with van der Waals surface area (Å²) in [6.45, 7) is 18.2. The molecule has 0 amide bonds. The number of aromatic carboxylic acids is 2. The van der Waals surface area contributed by atoms with Crippen LogP contribution in [-0.2, 0) is 25.7 Å². The fraction of sp³-hybridized carbons (Fsp3) is 0.302. The van der Waals surface area contributed by atoms with Crippen LogP contribution in [0.4, 0.5) is 0 Å². The minimum Gasteiger partial charge on any atom is -0.478 e. The Balaban J connectivity index is 0.839. The molecular weight excluding hydrogens is 1480 g/mol. The Morgan fingerprint density at radius 1 is 0.308 bits per heavy atom. The number of hydrogen-bond acceptors (Lipinski definition) is 8. The topological polar surface area (TPSA) is 215 Å². The first kappa shape index (κ1) is 82.0. The number of nitrogens with one attached hydrogen (secondary N) is 4. The Bertz CT molecular complexity index is 6120. The SMILES string of the molecule is CCCCC(CC)Cc1c2nc(c(C#Cc3cnc4c(ccc5cc(C#Cc6c7nc(c(CC(CC)CCCC)c8ccc([nH]8)c(C#Cc8ccc(C(=O)O)cc8)c8nc(c(CC(CC)CCCC)c9ccc6[nH]9)C=C8)C=C7)cnc54)c3)c3ccc([nH]3)c(CC(CC)CCCC)c3nc(c(C#Cc4ccc(C(=O)O)cc4)c4ccc1[nH]4)C=C3)C=C2. The van der Waals surface area contributed by atoms with Crippen LogP contribution in [0.5, 0.6) is 0 Å². The first-order valence-corrected chi connectivity index (χ1v) is 43.4. The summed E-state index contributed by atoms with van der Waals surface area (Å²) in [6.07, 6.45) is 41.4. The number of carbonyl (C=O) groups is 2. The van der Waals surface area contributed by atoms with Crippen LogP contribution >= 0.6 is 0 Å². The number of hydrogen-bond donors (Lipinski definition) is 6. The van der Waals surface area contributed by atoms with Gasteiger partial charge in [0.25, 0.3) is 0 Å². The highest BCUT2D eigenvalue weighted by atomic mass is 16.4. The van der Waals surface area contributed by atoms with E-state index >= 15 is 0 Å². The molecule has 3 aromatic carbocycles. The molecule has 0 spiro atoms. The van der Waals surface area contributed by atoms with Crippen LogP contribution in [-0.4, -0.2) is 72.0 Å². The molecule has 0 radical (unpaired) electrons. The zero-order valence-electron chi connectivity index (χ0n) is 70.2. The van der Waals surface area contributed by atoms with Crippen LogP contribution in [0.15, 0.2) is 134 Å². The molecule has 4 aliphatic heterocycles. The molecule has 6 N–H and O–H groups in total. The molecule has 0 aliphatic carbocycles. The molecule has 16 bridgehead atoms. The van der Waals surface area contributed by atoms with E-state index in [0.29, 0.717) is 34.8 Å². The number of carboxylic acid groups (broad SMARTS) is 2. The van der Waals surface area contributed by atoms with Gasteiger partial charge in [-0.3, -0.25) is 9.97 Å². The largest absolute Gasteiger partial charge is 0.478 e. The monoisotopic (exact) mass is 1580 g/mol. The Morgan fingerprint density at radius 2 is 0.558 bits per heavy atom. The molecule has 0 saturated carbocycles. The van der Waals surface area contributed by atoms with Gasteiger partial charge >= 0.3 is 11.9 Å². The predicted molar refractivity (Wildman–Crippen MR) is 494 cm³/mol. The quantitative estimate of drug-likeness (QED) is 0.0223. The molecular formula is C106H104N10O4. The summed E-state index contributed by atoms with van der Waals surface area (Å²) < 4.78 is 0. The van der Waals surface area contributed by atoms with E-state index in [9.17, 15) is 19.8 Å². The lowest BCUT2D eigenvalue weighted by molar-refractivity contribution is 0.0686. The summed E-state index contributed by atoms with van der Waals surface area (Å²) in [4.78, 5) is 71.5. The number of fused-ring (bicyclic) bond motifs is 19. The molecule has 8 aromatic heterocycles. The van der Waals surface area contributed by atoms with Crippen LogP contribution < -0.4 is 0 Å². The van der Waals surface area contributed by atoms with Gasteiger partial charge in [-0.15, -0.1) is 0 Å². The average Bonchev–Trinajstić information content (AvgIpc) is 1.20. The van der Waals surface area contributed by atoms with Crippen LogP contribution in [0.25, 0.3) is 115 Å². The van der Waals surface area contributed by atoms with E-state index in [1.165, 1.54) is 0 Å². The Kier molecular flexibility index (Phi) is 26.0. The highest BCUT2D eigenvalue weighted by molar-refractivity contribution is 6.03. The second kappa shape index (κ2) is 38.1. The molecule has 4 aliphatic rings. The van der Waals surface area contributed by atoms with E-state index in [1.807, 2.05) is 12.4 Å². The molecule has 12 heterocycles. The molecule has 602 valence electrons. The standard InChI is InChI=1S/C106H104N10O4/c1-9-17-21-67(13-5)61-83-95-51-43-87(109-95)79(39-29-71-25-33-75(34-26-71)105(117)118)88-44-52-96(110-88)84(62-68(14-6)22-18-10-2)100-56-48-92(114-100)81(91-47-55-99(83)113-91)41-31-73-59-77-37-38-78-60-74(66-108-104(78)103(77)107-65-73)32-42-82-93-49-57-101(115-93)85(63-69(15-7)23-19-11-3)97-53-45-89(111-97)80(40-30-72-27-35-76(36-28-72)106(119)120)90-46-54-98(112-90)86(102-58-50-94(82)116-102)64-70(16-8)24-20-12-4/h25-28,33-38,43-60,65-70,109,111,114,116H,9-24,61-64H2,1-8H3,(H,117,118)(H,119,120). The maximum atomic E-state index is 11.8. The van der Waals surface area contributed by atoms with Crippen molar-refractivity contribution in [3.05, 3.63) is 257 Å². The second-order valence-corrected chi connectivity index (χ2v) is 32.3. The summed E-state index contributed by atoms with van der Waals surface area (Å²) in [6, 6.07) is 39.0. The molecule has 0 fully saturated rings. The van der Waals surface area contributed by atoms with Crippen molar-refractivity contribution in [3.8, 4) is 47.4 Å². The van der Waals surface area contributed by atoms with Crippen LogP contribution in [0.3, 0.4) is 0 Å². The lowest BCUT2D eigenvalue weighted by atomic mass is 9.91. The van der Waals surface area contributed by atoms with Gasteiger partial charge in [-0.2, -0.15) is 0 Å². The van der Waals surface area contributed by atoms with Gasteiger partial charge in [0.15, 0.2) is 0 Å². The van der Waals surface area contributed by atoms with Crippen molar-refractivity contribution in [2.75, 3.05) is 0 Å². The van der Waals surface area contributed by atoms with Gasteiger partial charge in [0.05, 0.1) is 112 Å². The predicted octanol–water partition coefficient (Wildman–Crippen LogP) is 24.8. The number of rotatable bonds is 26. The number of benzene rings is 3. The maximum absolute atomic E-state index is 11.8. The summed E-state index contributed by atoms with van der Waals surface area (Å²) in [5, 5.41) is 21.2. The van der Waals surface area contributed by atoms with E-state index < -0.39 is 11.9 Å². The van der Waals surface area contributed by atoms with E-state index in [4.69, 9.17) is 29.9 Å². The van der Waals surface area contributed by atoms with Crippen molar-refractivity contribution < 1.29 is 19.8 Å². The number of nitrogens with zero attached hydrogens (tertiary/aromatic N) is 6. The van der Waals surface area contributed by atoms with Gasteiger partial charge in [-0.25, -0.2) is 29.5 Å². The average molecular weight is 1580 g/mol. The van der Waals surface area contributed by atoms with Gasteiger partial charge in [0.2, 0.25) is 0 Å². The fourth-order valence-electron chi connectivity index (χ4n) is 16.8. The van der Waals surface area contributed by atoms with Gasteiger partial charge < -0.3 is 30.1 Å². The molecule has 120 heavy (non-hydrogen) atoms. The zero-order chi connectivity index (χ0) is 83.2. The number of unbranched alkanes of at least 4 members (excludes halogenated alkanes) is 4. The van der Waals surface area contributed by atoms with Gasteiger partial charge in [0, 0.05) is 89.7 Å². The van der Waals surface area contributed by atoms with Gasteiger partial charge in [-0.05, 0) is 207 Å². The van der Waals surface area contributed by atoms with Crippen molar-refractivity contribution in [2.24, 2.45) is 23.7 Å². The Morgan fingerprint density at radius 3 is 0.808 bits per heavy atom. The van der Waals surface area contributed by atoms with Crippen molar-refractivity contribution in [3.63, 3.8) is 0 Å². The summed E-state index contributed by atoms with van der Waals surface area (Å²) >= 11 is 0. The lowest BCUT2D eigenvalue weighted by Gasteiger charge is -2.15. The normalized spacial score (nSPS) is 12.9. The van der Waals surface area contributed by atoms with Crippen LogP contribution in [0.1, 0.15) is 291 Å². The maximum Gasteiger partial charge on any atom is 0.335 e. The van der Waals surface area contributed by atoms with Crippen molar-refractivity contribution in [1.82, 2.24) is 49.8 Å². The molecule has 4 atom stereocenters. The number of aromatic amines is 4. The molecule has 15 rings (SSSR count). The number of H-pyrrole nitrogens is 4.